The molecule has 2 N–H and O–H groups in total. The Balaban J connectivity index is 3.52. The van der Waals surface area contributed by atoms with E-state index in [9.17, 15) is 14.8 Å². The molecule has 0 saturated heterocycles. The van der Waals surface area contributed by atoms with Crippen LogP contribution >= 0.6 is 0 Å². The van der Waals surface area contributed by atoms with Crippen molar-refractivity contribution >= 4 is 24.7 Å². The van der Waals surface area contributed by atoms with Crippen molar-refractivity contribution in [3.05, 3.63) is 24.3 Å². The van der Waals surface area contributed by atoms with E-state index in [1.165, 1.54) is 0 Å². The van der Waals surface area contributed by atoms with Crippen molar-refractivity contribution in [3.8, 4) is 0 Å². The maximum atomic E-state index is 11.7. The van der Waals surface area contributed by atoms with Crippen molar-refractivity contribution in [2.75, 3.05) is 0 Å². The molecule has 0 saturated carbocycles. The van der Waals surface area contributed by atoms with Crippen molar-refractivity contribution in [2.45, 2.75) is 39.8 Å². The topological polar surface area (TPSA) is 57.5 Å². The predicted octanol–water partition coefficient (Wildman–Crippen LogP) is 0.647. The van der Waals surface area contributed by atoms with Gasteiger partial charge < -0.3 is 10.0 Å². The number of hydrogen-bond acceptors (Lipinski definition) is 3. The van der Waals surface area contributed by atoms with E-state index in [0.29, 0.717) is 11.2 Å². The molecule has 4 nitrogen and oxygen atoms in total. The summed E-state index contributed by atoms with van der Waals surface area (Å²) in [6.45, 7) is 7.81. The first kappa shape index (κ1) is 14.9. The first-order chi connectivity index (χ1) is 8.37. The maximum Gasteiger partial charge on any atom is 0.494 e. The van der Waals surface area contributed by atoms with Crippen molar-refractivity contribution in [3.63, 3.8) is 0 Å². The van der Waals surface area contributed by atoms with Crippen LogP contribution in [0.25, 0.3) is 0 Å². The summed E-state index contributed by atoms with van der Waals surface area (Å²) in [5.41, 5.74) is 1.03. The number of amides is 1. The lowest BCUT2D eigenvalue weighted by Crippen LogP contribution is -2.61. The second kappa shape index (κ2) is 5.65. The monoisotopic (exact) mass is 250 g/mol. The first-order valence-corrected chi connectivity index (χ1v) is 6.18. The predicted molar refractivity (Wildman–Crippen MR) is 74.4 cm³/mol. The molecule has 1 amide bonds. The van der Waals surface area contributed by atoms with Crippen LogP contribution in [0.4, 0.5) is 5.69 Å². The van der Waals surface area contributed by atoms with Gasteiger partial charge in [-0.2, -0.15) is 0 Å². The maximum absolute atomic E-state index is 11.7. The van der Waals surface area contributed by atoms with E-state index in [-0.39, 0.29) is 16.6 Å². The highest BCUT2D eigenvalue weighted by atomic mass is 16.4. The molecule has 0 heterocycles. The van der Waals surface area contributed by atoms with Crippen LogP contribution in [0.15, 0.2) is 24.3 Å². The van der Waals surface area contributed by atoms with Gasteiger partial charge in [-0.05, 0) is 33.8 Å². The zero-order chi connectivity index (χ0) is 13.9. The molecular formula is C13H21BNO3+. The zero-order valence-corrected chi connectivity index (χ0v) is 11.4. The minimum atomic E-state index is -1.57. The summed E-state index contributed by atoms with van der Waals surface area (Å²) in [7, 11) is -1.57. The number of quaternary nitrogens is 1. The van der Waals surface area contributed by atoms with Crippen LogP contribution in [0.1, 0.15) is 27.7 Å². The third kappa shape index (κ3) is 2.34. The minimum absolute atomic E-state index is 0.0161. The number of para-hydroxylation sites is 1. The van der Waals surface area contributed by atoms with Crippen LogP contribution < -0.4 is 9.95 Å². The van der Waals surface area contributed by atoms with E-state index in [4.69, 9.17) is 0 Å². The molecule has 1 aromatic carbocycles. The molecule has 1 rings (SSSR count). The molecule has 0 aromatic heterocycles. The molecule has 0 radical (unpaired) electrons. The van der Waals surface area contributed by atoms with E-state index >= 15 is 0 Å². The number of carbonyl (C=O) groups is 1. The Morgan fingerprint density at radius 2 is 1.61 bits per heavy atom. The van der Waals surface area contributed by atoms with Gasteiger partial charge in [0.05, 0.1) is 12.1 Å². The fourth-order valence-corrected chi connectivity index (χ4v) is 2.51. The third-order valence-electron chi connectivity index (χ3n) is 3.52. The fourth-order valence-electron chi connectivity index (χ4n) is 2.51. The van der Waals surface area contributed by atoms with Gasteiger partial charge in [0.25, 0.3) is 0 Å². The van der Waals surface area contributed by atoms with Gasteiger partial charge in [-0.1, -0.05) is 18.2 Å². The molecular weight excluding hydrogens is 229 g/mol. The molecule has 0 atom stereocenters. The first-order valence-electron chi connectivity index (χ1n) is 6.18. The quantitative estimate of drug-likeness (QED) is 0.458. The van der Waals surface area contributed by atoms with Gasteiger partial charge in [-0.15, -0.1) is 0 Å². The Morgan fingerprint density at radius 1 is 1.11 bits per heavy atom. The number of nitrogens with zero attached hydrogens (tertiary/aromatic N) is 1. The van der Waals surface area contributed by atoms with Crippen molar-refractivity contribution < 1.29 is 14.8 Å². The molecule has 1 aromatic rings. The summed E-state index contributed by atoms with van der Waals surface area (Å²) in [4.78, 5) is 11.7. The van der Waals surface area contributed by atoms with Gasteiger partial charge in [0.2, 0.25) is 0 Å². The van der Waals surface area contributed by atoms with Crippen LogP contribution in [0.5, 0.6) is 0 Å². The summed E-state index contributed by atoms with van der Waals surface area (Å²) in [6, 6.07) is 7.00. The highest BCUT2D eigenvalue weighted by Gasteiger charge is 2.40. The lowest BCUT2D eigenvalue weighted by molar-refractivity contribution is -0.120. The van der Waals surface area contributed by atoms with Crippen LogP contribution in [-0.2, 0) is 4.79 Å². The Kier molecular flexibility index (Phi) is 4.68. The minimum Gasteiger partial charge on any atom is -0.423 e. The van der Waals surface area contributed by atoms with Crippen molar-refractivity contribution in [1.29, 1.82) is 0 Å². The average molecular weight is 250 g/mol. The Morgan fingerprint density at radius 3 is 2.00 bits per heavy atom. The zero-order valence-electron chi connectivity index (χ0n) is 11.4. The molecule has 98 valence electrons. The molecule has 0 bridgehead atoms. The standard InChI is InChI=1S/C13H21BNO3/c1-10(2)15(9-16,11(3)4)13-8-6-5-7-12(13)14(17)18/h5-11,17-18H,1-4H3/q+1. The second-order valence-corrected chi connectivity index (χ2v) is 5.06. The molecule has 5 heteroatoms. The summed E-state index contributed by atoms with van der Waals surface area (Å²) < 4.78 is 0.0772. The molecule has 0 unspecified atom stereocenters. The molecule has 0 aliphatic heterocycles. The van der Waals surface area contributed by atoms with Crippen molar-refractivity contribution in [2.24, 2.45) is 0 Å². The van der Waals surface area contributed by atoms with E-state index < -0.39 is 7.12 Å². The smallest absolute Gasteiger partial charge is 0.423 e. The highest BCUT2D eigenvalue weighted by Crippen LogP contribution is 2.26. The lowest BCUT2D eigenvalue weighted by Gasteiger charge is -2.40. The van der Waals surface area contributed by atoms with Gasteiger partial charge >= 0.3 is 13.5 Å². The fraction of sp³-hybridized carbons (Fsp3) is 0.462. The van der Waals surface area contributed by atoms with Crippen molar-refractivity contribution in [1.82, 2.24) is 4.48 Å². The van der Waals surface area contributed by atoms with E-state index in [2.05, 4.69) is 0 Å². The molecule has 0 aliphatic rings. The van der Waals surface area contributed by atoms with Gasteiger partial charge in [0.1, 0.15) is 5.69 Å². The molecule has 0 fully saturated rings. The van der Waals surface area contributed by atoms with E-state index in [0.717, 1.165) is 6.41 Å². The lowest BCUT2D eigenvalue weighted by atomic mass is 9.77. The summed E-state index contributed by atoms with van der Waals surface area (Å²) in [5, 5.41) is 18.9. The second-order valence-electron chi connectivity index (χ2n) is 5.06. The van der Waals surface area contributed by atoms with Crippen LogP contribution in [0, 0.1) is 0 Å². The van der Waals surface area contributed by atoms with Gasteiger partial charge in [-0.25, -0.2) is 9.28 Å². The van der Waals surface area contributed by atoms with Gasteiger partial charge in [0, 0.05) is 5.46 Å². The van der Waals surface area contributed by atoms with Crippen LogP contribution in [-0.4, -0.2) is 35.7 Å². The number of carbonyl (C=O) groups excluding carboxylic acids is 1. The number of rotatable bonds is 5. The van der Waals surface area contributed by atoms with E-state index in [1.807, 2.05) is 33.8 Å². The van der Waals surface area contributed by atoms with Crippen LogP contribution in [0.3, 0.4) is 0 Å². The largest absolute Gasteiger partial charge is 0.494 e. The normalized spacial score (nSPS) is 12.0. The SMILES string of the molecule is CC(C)[N+](C=O)(c1ccccc1B(O)O)C(C)C. The average Bonchev–Trinajstić information content (AvgIpc) is 2.30. The van der Waals surface area contributed by atoms with Crippen LogP contribution in [0.2, 0.25) is 0 Å². The van der Waals surface area contributed by atoms with Gasteiger partial charge in [-0.3, -0.25) is 0 Å². The van der Waals surface area contributed by atoms with E-state index in [1.54, 1.807) is 18.2 Å². The number of hydrogen-bond donors (Lipinski definition) is 2. The summed E-state index contributed by atoms with van der Waals surface area (Å²) in [5.74, 6) is 0. The molecule has 0 aliphatic carbocycles. The highest BCUT2D eigenvalue weighted by molar-refractivity contribution is 6.60. The molecule has 0 spiro atoms. The Bertz CT molecular complexity index is 410. The molecule has 18 heavy (non-hydrogen) atoms. The summed E-state index contributed by atoms with van der Waals surface area (Å²) in [6.07, 6.45) is 0.885. The Hall–Kier alpha value is -1.17. The summed E-state index contributed by atoms with van der Waals surface area (Å²) >= 11 is 0. The Labute approximate surface area is 109 Å². The number of benzene rings is 1. The third-order valence-corrected chi connectivity index (χ3v) is 3.52. The van der Waals surface area contributed by atoms with Gasteiger partial charge in [0.15, 0.2) is 0 Å².